The van der Waals surface area contributed by atoms with Crippen molar-refractivity contribution in [1.82, 2.24) is 15.2 Å². The predicted molar refractivity (Wildman–Crippen MR) is 119 cm³/mol. The Hall–Kier alpha value is -2.70. The van der Waals surface area contributed by atoms with E-state index in [9.17, 15) is 4.79 Å². The minimum absolute atomic E-state index is 0.0650. The van der Waals surface area contributed by atoms with Gasteiger partial charge in [-0.1, -0.05) is 48.5 Å². The molecule has 2 aliphatic rings. The van der Waals surface area contributed by atoms with Gasteiger partial charge in [-0.3, -0.25) is 9.88 Å². The van der Waals surface area contributed by atoms with Crippen molar-refractivity contribution in [3.05, 3.63) is 88.2 Å². The molecule has 1 aliphatic carbocycles. The van der Waals surface area contributed by atoms with Crippen molar-refractivity contribution in [3.8, 4) is 11.1 Å². The average Bonchev–Trinajstić information content (AvgIpc) is 3.11. The number of pyridine rings is 1. The summed E-state index contributed by atoms with van der Waals surface area (Å²) >= 11 is 3.47. The fraction of sp³-hybridized carbons (Fsp3) is 0.250. The van der Waals surface area contributed by atoms with Crippen LogP contribution < -0.4 is 5.32 Å². The number of nitrogens with one attached hydrogen (secondary N) is 1. The van der Waals surface area contributed by atoms with E-state index in [1.54, 1.807) is 6.20 Å². The summed E-state index contributed by atoms with van der Waals surface area (Å²) in [5.41, 5.74) is 5.90. The number of hydrogen-bond donors (Lipinski definition) is 1. The third-order valence-electron chi connectivity index (χ3n) is 5.92. The van der Waals surface area contributed by atoms with Gasteiger partial charge in [0.05, 0.1) is 6.04 Å². The van der Waals surface area contributed by atoms with Crippen LogP contribution in [0, 0.1) is 0 Å². The molecule has 1 N–H and O–H groups in total. The number of hydrogen-bond acceptors (Lipinski definition) is 4. The Morgan fingerprint density at radius 2 is 1.80 bits per heavy atom. The van der Waals surface area contributed by atoms with E-state index in [-0.39, 0.29) is 18.1 Å². The molecule has 6 heteroatoms. The smallest absolute Gasteiger partial charge is 0.410 e. The molecule has 1 saturated heterocycles. The van der Waals surface area contributed by atoms with E-state index in [2.05, 4.69) is 62.6 Å². The summed E-state index contributed by atoms with van der Waals surface area (Å²) in [5, 5.41) is 3.37. The van der Waals surface area contributed by atoms with Crippen LogP contribution in [0.1, 0.15) is 28.7 Å². The summed E-state index contributed by atoms with van der Waals surface area (Å²) in [6.45, 7) is 2.37. The first-order valence-electron chi connectivity index (χ1n) is 10.1. The van der Waals surface area contributed by atoms with Gasteiger partial charge in [0.1, 0.15) is 6.61 Å². The molecule has 0 radical (unpaired) electrons. The molecule has 2 aromatic carbocycles. The van der Waals surface area contributed by atoms with Crippen LogP contribution in [-0.2, 0) is 4.74 Å². The topological polar surface area (TPSA) is 54.5 Å². The van der Waals surface area contributed by atoms with Crippen molar-refractivity contribution in [3.63, 3.8) is 0 Å². The van der Waals surface area contributed by atoms with Gasteiger partial charge in [-0.15, -0.1) is 0 Å². The van der Waals surface area contributed by atoms with E-state index < -0.39 is 0 Å². The number of nitrogens with zero attached hydrogens (tertiary/aromatic N) is 2. The molecule has 1 aliphatic heterocycles. The number of rotatable bonds is 3. The van der Waals surface area contributed by atoms with Gasteiger partial charge in [0.2, 0.25) is 0 Å². The van der Waals surface area contributed by atoms with E-state index in [4.69, 9.17) is 4.74 Å². The van der Waals surface area contributed by atoms with Crippen LogP contribution in [0.2, 0.25) is 0 Å². The van der Waals surface area contributed by atoms with Crippen molar-refractivity contribution in [2.45, 2.75) is 12.0 Å². The Labute approximate surface area is 184 Å². The van der Waals surface area contributed by atoms with E-state index in [0.29, 0.717) is 19.7 Å². The number of ether oxygens (including phenoxy) is 1. The molecule has 1 unspecified atom stereocenters. The SMILES string of the molecule is O=C(OCC1c2ccccc2-c2ccccc21)N1CCNCC1c1cncc(Br)c1. The maximum atomic E-state index is 13.1. The Kier molecular flexibility index (Phi) is 5.27. The second-order valence-electron chi connectivity index (χ2n) is 7.65. The molecule has 3 aromatic rings. The van der Waals surface area contributed by atoms with Crippen molar-refractivity contribution in [1.29, 1.82) is 0 Å². The highest BCUT2D eigenvalue weighted by Gasteiger charge is 2.32. The van der Waals surface area contributed by atoms with E-state index in [1.807, 2.05) is 29.3 Å². The van der Waals surface area contributed by atoms with Crippen molar-refractivity contribution < 1.29 is 9.53 Å². The predicted octanol–water partition coefficient (Wildman–Crippen LogP) is 4.74. The highest BCUT2D eigenvalue weighted by Crippen LogP contribution is 2.44. The first-order chi connectivity index (χ1) is 14.7. The lowest BCUT2D eigenvalue weighted by atomic mass is 9.98. The molecular formula is C24H22BrN3O2. The van der Waals surface area contributed by atoms with Crippen LogP contribution in [0.25, 0.3) is 11.1 Å². The van der Waals surface area contributed by atoms with Crippen LogP contribution in [0.5, 0.6) is 0 Å². The molecule has 30 heavy (non-hydrogen) atoms. The fourth-order valence-corrected chi connectivity index (χ4v) is 4.89. The molecule has 0 spiro atoms. The highest BCUT2D eigenvalue weighted by molar-refractivity contribution is 9.10. The molecule has 2 heterocycles. The van der Waals surface area contributed by atoms with Gasteiger partial charge in [-0.05, 0) is 49.8 Å². The molecule has 1 fully saturated rings. The molecular weight excluding hydrogens is 442 g/mol. The number of amides is 1. The molecule has 1 aromatic heterocycles. The van der Waals surface area contributed by atoms with E-state index in [0.717, 1.165) is 16.6 Å². The maximum Gasteiger partial charge on any atom is 0.410 e. The summed E-state index contributed by atoms with van der Waals surface area (Å²) in [5.74, 6) is 0.0650. The zero-order valence-electron chi connectivity index (χ0n) is 16.4. The number of carbonyl (C=O) groups excluding carboxylic acids is 1. The Balaban J connectivity index is 1.35. The van der Waals surface area contributed by atoms with Crippen LogP contribution in [-0.4, -0.2) is 42.2 Å². The van der Waals surface area contributed by atoms with Gasteiger partial charge in [0.15, 0.2) is 0 Å². The number of aromatic nitrogens is 1. The van der Waals surface area contributed by atoms with Gasteiger partial charge in [-0.25, -0.2) is 4.79 Å². The Morgan fingerprint density at radius 3 is 2.50 bits per heavy atom. The third kappa shape index (κ3) is 3.50. The lowest BCUT2D eigenvalue weighted by Crippen LogP contribution is -2.49. The number of benzene rings is 2. The summed E-state index contributed by atoms with van der Waals surface area (Å²) < 4.78 is 6.79. The van der Waals surface area contributed by atoms with Crippen LogP contribution in [0.4, 0.5) is 4.79 Å². The Morgan fingerprint density at radius 1 is 1.10 bits per heavy atom. The Bertz CT molecular complexity index is 1040. The number of carbonyl (C=O) groups is 1. The standard InChI is InChI=1S/C24H22BrN3O2/c25-17-11-16(12-27-13-17)23-14-26-9-10-28(23)24(29)30-15-22-20-7-3-1-5-18(20)19-6-2-4-8-21(19)22/h1-8,11-13,22-23,26H,9-10,14-15H2. The van der Waals surface area contributed by atoms with Gasteiger partial charge in [0, 0.05) is 42.4 Å². The molecule has 152 valence electrons. The average molecular weight is 464 g/mol. The molecule has 1 atom stereocenters. The van der Waals surface area contributed by atoms with Crippen molar-refractivity contribution in [2.75, 3.05) is 26.2 Å². The van der Waals surface area contributed by atoms with Gasteiger partial charge < -0.3 is 10.1 Å². The minimum atomic E-state index is -0.275. The number of halogens is 1. The molecule has 0 bridgehead atoms. The first kappa shape index (κ1) is 19.3. The summed E-state index contributed by atoms with van der Waals surface area (Å²) in [6, 6.07) is 18.7. The zero-order valence-corrected chi connectivity index (χ0v) is 18.0. The van der Waals surface area contributed by atoms with Crippen molar-refractivity contribution in [2.24, 2.45) is 0 Å². The number of fused-ring (bicyclic) bond motifs is 3. The van der Waals surface area contributed by atoms with E-state index >= 15 is 0 Å². The minimum Gasteiger partial charge on any atom is -0.448 e. The summed E-state index contributed by atoms with van der Waals surface area (Å²) in [6.07, 6.45) is 3.28. The summed E-state index contributed by atoms with van der Waals surface area (Å²) in [7, 11) is 0. The molecule has 0 saturated carbocycles. The molecule has 1 amide bonds. The van der Waals surface area contributed by atoms with E-state index in [1.165, 1.54) is 22.3 Å². The van der Waals surface area contributed by atoms with Crippen LogP contribution >= 0.6 is 15.9 Å². The largest absolute Gasteiger partial charge is 0.448 e. The zero-order chi connectivity index (χ0) is 20.5. The first-order valence-corrected chi connectivity index (χ1v) is 10.9. The van der Waals surface area contributed by atoms with Gasteiger partial charge in [-0.2, -0.15) is 0 Å². The van der Waals surface area contributed by atoms with Crippen LogP contribution in [0.3, 0.4) is 0 Å². The molecule has 5 rings (SSSR count). The lowest BCUT2D eigenvalue weighted by molar-refractivity contribution is 0.0752. The van der Waals surface area contributed by atoms with Crippen molar-refractivity contribution >= 4 is 22.0 Å². The maximum absolute atomic E-state index is 13.1. The normalized spacial score (nSPS) is 18.0. The van der Waals surface area contributed by atoms with Crippen LogP contribution in [0.15, 0.2) is 71.5 Å². The van der Waals surface area contributed by atoms with Gasteiger partial charge >= 0.3 is 6.09 Å². The van der Waals surface area contributed by atoms with Gasteiger partial charge in [0.25, 0.3) is 0 Å². The number of piperazine rings is 1. The highest BCUT2D eigenvalue weighted by atomic mass is 79.9. The second kappa shape index (κ2) is 8.20. The molecule has 5 nitrogen and oxygen atoms in total. The lowest BCUT2D eigenvalue weighted by Gasteiger charge is -2.35. The second-order valence-corrected chi connectivity index (χ2v) is 8.57. The monoisotopic (exact) mass is 463 g/mol. The summed E-state index contributed by atoms with van der Waals surface area (Å²) in [4.78, 5) is 19.2. The quantitative estimate of drug-likeness (QED) is 0.609. The fourth-order valence-electron chi connectivity index (χ4n) is 4.51. The third-order valence-corrected chi connectivity index (χ3v) is 6.36.